The van der Waals surface area contributed by atoms with Crippen LogP contribution in [0.5, 0.6) is 0 Å². The van der Waals surface area contributed by atoms with Gasteiger partial charge in [-0.25, -0.2) is 0 Å². The predicted molar refractivity (Wildman–Crippen MR) is 82.5 cm³/mol. The third kappa shape index (κ3) is 2.34. The van der Waals surface area contributed by atoms with Crippen LogP contribution < -0.4 is 0 Å². The van der Waals surface area contributed by atoms with E-state index in [-0.39, 0.29) is 11.5 Å². The third-order valence-corrected chi connectivity index (χ3v) is 3.76. The van der Waals surface area contributed by atoms with Gasteiger partial charge in [0.1, 0.15) is 0 Å². The number of hydrogen-bond donors (Lipinski definition) is 1. The zero-order valence-corrected chi connectivity index (χ0v) is 12.3. The Bertz CT molecular complexity index is 853. The van der Waals surface area contributed by atoms with Crippen LogP contribution in [0.4, 0.5) is 5.69 Å². The fraction of sp³-hybridized carbons (Fsp3) is 0. The molecule has 5 nitrogen and oxygen atoms in total. The summed E-state index contributed by atoms with van der Waals surface area (Å²) in [6.07, 6.45) is 1.52. The molecular weight excluding hydrogens is 336 g/mol. The molecule has 2 aromatic carbocycles. The van der Waals surface area contributed by atoms with Crippen LogP contribution >= 0.6 is 15.9 Å². The SMILES string of the molecule is O=C(c1ccc(Br)cc1)c1c[nH]c2cccc([N+](=O)[O-])c12. The molecular formula is C15H9BrN2O3. The summed E-state index contributed by atoms with van der Waals surface area (Å²) in [6.45, 7) is 0. The second-order valence-electron chi connectivity index (χ2n) is 4.50. The second kappa shape index (κ2) is 5.14. The molecule has 0 radical (unpaired) electrons. The fourth-order valence-corrected chi connectivity index (χ4v) is 2.52. The molecule has 0 aliphatic rings. The van der Waals surface area contributed by atoms with Crippen LogP contribution in [0.25, 0.3) is 10.9 Å². The topological polar surface area (TPSA) is 76.0 Å². The Hall–Kier alpha value is -2.47. The Morgan fingerprint density at radius 2 is 1.86 bits per heavy atom. The second-order valence-corrected chi connectivity index (χ2v) is 5.41. The van der Waals surface area contributed by atoms with Gasteiger partial charge < -0.3 is 4.98 Å². The van der Waals surface area contributed by atoms with Gasteiger partial charge in [-0.15, -0.1) is 0 Å². The van der Waals surface area contributed by atoms with Gasteiger partial charge in [-0.1, -0.05) is 22.0 Å². The first-order valence-electron chi connectivity index (χ1n) is 6.12. The van der Waals surface area contributed by atoms with Gasteiger partial charge in [-0.3, -0.25) is 14.9 Å². The summed E-state index contributed by atoms with van der Waals surface area (Å²) >= 11 is 3.31. The van der Waals surface area contributed by atoms with Crippen molar-refractivity contribution in [2.45, 2.75) is 0 Å². The number of nitro groups is 1. The Labute approximate surface area is 127 Å². The molecule has 3 rings (SSSR count). The molecule has 3 aromatic rings. The van der Waals surface area contributed by atoms with E-state index >= 15 is 0 Å². The number of carbonyl (C=O) groups is 1. The van der Waals surface area contributed by atoms with Crippen LogP contribution in [0.2, 0.25) is 0 Å². The highest BCUT2D eigenvalue weighted by Gasteiger charge is 2.21. The van der Waals surface area contributed by atoms with E-state index < -0.39 is 4.92 Å². The van der Waals surface area contributed by atoms with Crippen LogP contribution in [0, 0.1) is 10.1 Å². The molecule has 0 spiro atoms. The number of aromatic nitrogens is 1. The predicted octanol–water partition coefficient (Wildman–Crippen LogP) is 4.07. The number of carbonyl (C=O) groups excluding carboxylic acids is 1. The van der Waals surface area contributed by atoms with Crippen molar-refractivity contribution in [3.63, 3.8) is 0 Å². The van der Waals surface area contributed by atoms with E-state index in [1.165, 1.54) is 12.3 Å². The monoisotopic (exact) mass is 344 g/mol. The first kappa shape index (κ1) is 13.5. The number of nitro benzene ring substituents is 1. The quantitative estimate of drug-likeness (QED) is 0.442. The molecule has 0 unspecified atom stereocenters. The summed E-state index contributed by atoms with van der Waals surface area (Å²) in [6, 6.07) is 11.6. The largest absolute Gasteiger partial charge is 0.360 e. The summed E-state index contributed by atoms with van der Waals surface area (Å²) in [4.78, 5) is 26.1. The molecule has 0 saturated carbocycles. The molecule has 21 heavy (non-hydrogen) atoms. The van der Waals surface area contributed by atoms with E-state index in [9.17, 15) is 14.9 Å². The molecule has 0 amide bonds. The lowest BCUT2D eigenvalue weighted by molar-refractivity contribution is -0.383. The van der Waals surface area contributed by atoms with E-state index in [4.69, 9.17) is 0 Å². The smallest absolute Gasteiger partial charge is 0.279 e. The number of nitrogens with zero attached hydrogens (tertiary/aromatic N) is 1. The van der Waals surface area contributed by atoms with Crippen LogP contribution in [0.3, 0.4) is 0 Å². The minimum absolute atomic E-state index is 0.0748. The molecule has 0 atom stereocenters. The number of aromatic amines is 1. The average Bonchev–Trinajstić information content (AvgIpc) is 2.91. The standard InChI is InChI=1S/C15H9BrN2O3/c16-10-6-4-9(5-7-10)15(19)11-8-17-12-2-1-3-13(14(11)12)18(20)21/h1-8,17H. The lowest BCUT2D eigenvalue weighted by Gasteiger charge is -2.01. The zero-order valence-electron chi connectivity index (χ0n) is 10.7. The molecule has 6 heteroatoms. The number of benzene rings is 2. The maximum absolute atomic E-state index is 12.5. The Kier molecular flexibility index (Phi) is 3.31. The normalized spacial score (nSPS) is 10.7. The van der Waals surface area contributed by atoms with Crippen molar-refractivity contribution < 1.29 is 9.72 Å². The van der Waals surface area contributed by atoms with Gasteiger partial charge in [-0.2, -0.15) is 0 Å². The van der Waals surface area contributed by atoms with Crippen molar-refractivity contribution in [3.05, 3.63) is 74.4 Å². The fourth-order valence-electron chi connectivity index (χ4n) is 2.25. The van der Waals surface area contributed by atoms with Gasteiger partial charge in [0, 0.05) is 22.3 Å². The van der Waals surface area contributed by atoms with Crippen LogP contribution in [-0.2, 0) is 0 Å². The molecule has 104 valence electrons. The third-order valence-electron chi connectivity index (χ3n) is 3.23. The highest BCUT2D eigenvalue weighted by Crippen LogP contribution is 2.30. The number of non-ortho nitro benzene ring substituents is 1. The van der Waals surface area contributed by atoms with Gasteiger partial charge in [0.2, 0.25) is 0 Å². The van der Waals surface area contributed by atoms with Gasteiger partial charge >= 0.3 is 0 Å². The Morgan fingerprint density at radius 3 is 2.52 bits per heavy atom. The van der Waals surface area contributed by atoms with Gasteiger partial charge in [-0.05, 0) is 30.3 Å². The first-order chi connectivity index (χ1) is 10.1. The van der Waals surface area contributed by atoms with Crippen molar-refractivity contribution in [1.82, 2.24) is 4.98 Å². The molecule has 0 bridgehead atoms. The van der Waals surface area contributed by atoms with E-state index in [0.717, 1.165) is 4.47 Å². The van der Waals surface area contributed by atoms with Crippen molar-refractivity contribution >= 4 is 38.3 Å². The average molecular weight is 345 g/mol. The minimum atomic E-state index is -0.478. The molecule has 1 heterocycles. The lowest BCUT2D eigenvalue weighted by Crippen LogP contribution is -2.01. The molecule has 1 aromatic heterocycles. The molecule has 1 N–H and O–H groups in total. The summed E-state index contributed by atoms with van der Waals surface area (Å²) in [5.74, 6) is -0.247. The van der Waals surface area contributed by atoms with Crippen LogP contribution in [0.1, 0.15) is 15.9 Å². The maximum atomic E-state index is 12.5. The van der Waals surface area contributed by atoms with Crippen molar-refractivity contribution in [3.8, 4) is 0 Å². The molecule has 0 aliphatic heterocycles. The molecule has 0 fully saturated rings. The summed E-state index contributed by atoms with van der Waals surface area (Å²) in [5.41, 5.74) is 1.29. The number of H-pyrrole nitrogens is 1. The highest BCUT2D eigenvalue weighted by molar-refractivity contribution is 9.10. The number of halogens is 1. The van der Waals surface area contributed by atoms with E-state index in [2.05, 4.69) is 20.9 Å². The lowest BCUT2D eigenvalue weighted by atomic mass is 10.0. The van der Waals surface area contributed by atoms with Gasteiger partial charge in [0.05, 0.1) is 21.4 Å². The summed E-state index contributed by atoms with van der Waals surface area (Å²) in [5, 5.41) is 11.5. The van der Waals surface area contributed by atoms with Gasteiger partial charge in [0.25, 0.3) is 5.69 Å². The van der Waals surface area contributed by atoms with Crippen LogP contribution in [-0.4, -0.2) is 15.7 Å². The van der Waals surface area contributed by atoms with Gasteiger partial charge in [0.15, 0.2) is 5.78 Å². The Morgan fingerprint density at radius 1 is 1.14 bits per heavy atom. The van der Waals surface area contributed by atoms with E-state index in [0.29, 0.717) is 22.0 Å². The zero-order chi connectivity index (χ0) is 15.0. The first-order valence-corrected chi connectivity index (χ1v) is 6.92. The van der Waals surface area contributed by atoms with E-state index in [1.807, 2.05) is 0 Å². The van der Waals surface area contributed by atoms with E-state index in [1.54, 1.807) is 36.4 Å². The minimum Gasteiger partial charge on any atom is -0.360 e. The van der Waals surface area contributed by atoms with Crippen molar-refractivity contribution in [2.75, 3.05) is 0 Å². The summed E-state index contributed by atoms with van der Waals surface area (Å²) < 4.78 is 0.865. The molecule has 0 saturated heterocycles. The number of nitrogens with one attached hydrogen (secondary N) is 1. The Balaban J connectivity index is 2.18. The molecule has 0 aliphatic carbocycles. The number of fused-ring (bicyclic) bond motifs is 1. The van der Waals surface area contributed by atoms with Crippen molar-refractivity contribution in [2.24, 2.45) is 0 Å². The van der Waals surface area contributed by atoms with Crippen LogP contribution in [0.15, 0.2) is 53.1 Å². The number of hydrogen-bond acceptors (Lipinski definition) is 3. The number of rotatable bonds is 3. The van der Waals surface area contributed by atoms with Crippen molar-refractivity contribution in [1.29, 1.82) is 0 Å². The maximum Gasteiger partial charge on any atom is 0.279 e. The highest BCUT2D eigenvalue weighted by atomic mass is 79.9. The number of ketones is 1. The summed E-state index contributed by atoms with van der Waals surface area (Å²) in [7, 11) is 0.